The maximum Gasteiger partial charge on any atom is 0.252 e. The van der Waals surface area contributed by atoms with Crippen molar-refractivity contribution in [3.8, 4) is 17.6 Å². The van der Waals surface area contributed by atoms with Gasteiger partial charge in [-0.3, -0.25) is 9.78 Å². The molecule has 5 nitrogen and oxygen atoms in total. The van der Waals surface area contributed by atoms with Gasteiger partial charge >= 0.3 is 0 Å². The van der Waals surface area contributed by atoms with Crippen molar-refractivity contribution in [3.63, 3.8) is 0 Å². The van der Waals surface area contributed by atoms with Gasteiger partial charge in [-0.05, 0) is 43.3 Å². The number of aromatic nitrogens is 2. The lowest BCUT2D eigenvalue weighted by Gasteiger charge is -2.02. The number of hydrogen-bond acceptors (Lipinski definition) is 3. The molecule has 0 unspecified atom stereocenters. The van der Waals surface area contributed by atoms with Crippen molar-refractivity contribution in [2.75, 3.05) is 13.2 Å². The third kappa shape index (κ3) is 3.93. The van der Waals surface area contributed by atoms with Gasteiger partial charge in [-0.15, -0.1) is 0 Å². The quantitative estimate of drug-likeness (QED) is 0.727. The molecule has 2 N–H and O–H groups in total. The summed E-state index contributed by atoms with van der Waals surface area (Å²) in [6.45, 7) is 2.45. The zero-order chi connectivity index (χ0) is 16.8. The van der Waals surface area contributed by atoms with Crippen LogP contribution < -0.4 is 10.1 Å². The number of carbonyl (C=O) groups is 1. The van der Waals surface area contributed by atoms with Crippen molar-refractivity contribution >= 4 is 16.8 Å². The number of benzene rings is 1. The second kappa shape index (κ2) is 7.34. The lowest BCUT2D eigenvalue weighted by Crippen LogP contribution is -2.23. The molecule has 1 aromatic carbocycles. The molecule has 0 saturated heterocycles. The van der Waals surface area contributed by atoms with Gasteiger partial charge in [-0.25, -0.2) is 0 Å². The second-order valence-corrected chi connectivity index (χ2v) is 5.24. The van der Waals surface area contributed by atoms with Gasteiger partial charge in [0.15, 0.2) is 0 Å². The highest BCUT2D eigenvalue weighted by Crippen LogP contribution is 2.14. The van der Waals surface area contributed by atoms with Crippen LogP contribution in [0, 0.1) is 18.8 Å². The Balaban J connectivity index is 1.46. The fourth-order valence-corrected chi connectivity index (χ4v) is 2.19. The summed E-state index contributed by atoms with van der Waals surface area (Å²) in [5.74, 6) is 6.26. The molecule has 0 bridgehead atoms. The van der Waals surface area contributed by atoms with Gasteiger partial charge in [0.25, 0.3) is 5.91 Å². The molecule has 0 aliphatic heterocycles. The van der Waals surface area contributed by atoms with E-state index in [0.29, 0.717) is 11.3 Å². The first kappa shape index (κ1) is 15.6. The van der Waals surface area contributed by atoms with Crippen LogP contribution in [-0.4, -0.2) is 29.0 Å². The predicted molar refractivity (Wildman–Crippen MR) is 92.9 cm³/mol. The number of ether oxygens (including phenoxy) is 1. The van der Waals surface area contributed by atoms with E-state index in [2.05, 4.69) is 27.1 Å². The highest BCUT2D eigenvalue weighted by molar-refractivity contribution is 5.98. The van der Waals surface area contributed by atoms with E-state index in [9.17, 15) is 4.79 Å². The minimum Gasteiger partial charge on any atom is -0.479 e. The predicted octanol–water partition coefficient (Wildman–Crippen LogP) is 2.68. The Morgan fingerprint density at radius 1 is 1.25 bits per heavy atom. The highest BCUT2D eigenvalue weighted by Gasteiger charge is 2.05. The molecule has 2 heterocycles. The SMILES string of the molecule is Cc1ccc(OCC#CCNC(=O)c2ccc3[nH]ccc3c2)cn1. The number of hydrogen-bond donors (Lipinski definition) is 2. The van der Waals surface area contributed by atoms with Crippen molar-refractivity contribution in [1.82, 2.24) is 15.3 Å². The van der Waals surface area contributed by atoms with Crippen LogP contribution >= 0.6 is 0 Å². The molecular weight excluding hydrogens is 302 g/mol. The van der Waals surface area contributed by atoms with E-state index in [0.717, 1.165) is 16.6 Å². The van der Waals surface area contributed by atoms with Crippen molar-refractivity contribution in [2.24, 2.45) is 0 Å². The molecule has 24 heavy (non-hydrogen) atoms. The normalized spacial score (nSPS) is 10.0. The van der Waals surface area contributed by atoms with Crippen LogP contribution in [-0.2, 0) is 0 Å². The number of aryl methyl sites for hydroxylation is 1. The maximum atomic E-state index is 12.1. The summed E-state index contributed by atoms with van der Waals surface area (Å²) in [7, 11) is 0. The number of amides is 1. The molecule has 0 radical (unpaired) electrons. The van der Waals surface area contributed by atoms with Crippen LogP contribution in [0.2, 0.25) is 0 Å². The Morgan fingerprint density at radius 3 is 3.00 bits per heavy atom. The molecular formula is C19H17N3O2. The van der Waals surface area contributed by atoms with E-state index in [4.69, 9.17) is 4.74 Å². The van der Waals surface area contributed by atoms with Gasteiger partial charge in [0.05, 0.1) is 12.7 Å². The smallest absolute Gasteiger partial charge is 0.252 e. The largest absolute Gasteiger partial charge is 0.479 e. The molecule has 3 aromatic rings. The average molecular weight is 319 g/mol. The standard InChI is InChI=1S/C19H17N3O2/c1-14-4-6-17(13-22-14)24-11-3-2-9-21-19(23)16-5-7-18-15(12-16)8-10-20-18/h4-8,10,12-13,20H,9,11H2,1H3,(H,21,23). The molecule has 3 rings (SSSR count). The summed E-state index contributed by atoms with van der Waals surface area (Å²) in [5, 5.41) is 3.78. The molecule has 1 amide bonds. The number of pyridine rings is 1. The number of fused-ring (bicyclic) bond motifs is 1. The third-order valence-corrected chi connectivity index (χ3v) is 3.47. The van der Waals surface area contributed by atoms with Crippen LogP contribution in [0.5, 0.6) is 5.75 Å². The van der Waals surface area contributed by atoms with Gasteiger partial charge in [-0.1, -0.05) is 11.8 Å². The third-order valence-electron chi connectivity index (χ3n) is 3.47. The van der Waals surface area contributed by atoms with Gasteiger partial charge in [0, 0.05) is 28.4 Å². The van der Waals surface area contributed by atoms with Crippen LogP contribution in [0.25, 0.3) is 10.9 Å². The van der Waals surface area contributed by atoms with E-state index < -0.39 is 0 Å². The topological polar surface area (TPSA) is 67.0 Å². The number of nitrogens with zero attached hydrogens (tertiary/aromatic N) is 1. The molecule has 5 heteroatoms. The Morgan fingerprint density at radius 2 is 2.17 bits per heavy atom. The summed E-state index contributed by atoms with van der Waals surface area (Å²) in [6.07, 6.45) is 3.51. The van der Waals surface area contributed by atoms with Crippen molar-refractivity contribution in [2.45, 2.75) is 6.92 Å². The van der Waals surface area contributed by atoms with Crippen molar-refractivity contribution < 1.29 is 9.53 Å². The maximum absolute atomic E-state index is 12.1. The van der Waals surface area contributed by atoms with E-state index >= 15 is 0 Å². The summed E-state index contributed by atoms with van der Waals surface area (Å²) in [6, 6.07) is 11.2. The molecule has 0 aliphatic rings. The zero-order valence-corrected chi connectivity index (χ0v) is 13.3. The average Bonchev–Trinajstić information content (AvgIpc) is 3.07. The molecule has 0 atom stereocenters. The first-order valence-electron chi connectivity index (χ1n) is 7.59. The highest BCUT2D eigenvalue weighted by atomic mass is 16.5. The first-order valence-corrected chi connectivity index (χ1v) is 7.59. The Kier molecular flexibility index (Phi) is 4.78. The Bertz CT molecular complexity index is 902. The molecule has 0 spiro atoms. The van der Waals surface area contributed by atoms with Gasteiger partial charge < -0.3 is 15.0 Å². The second-order valence-electron chi connectivity index (χ2n) is 5.24. The summed E-state index contributed by atoms with van der Waals surface area (Å²) >= 11 is 0. The van der Waals surface area contributed by atoms with Crippen LogP contribution in [0.3, 0.4) is 0 Å². The van der Waals surface area contributed by atoms with E-state index in [1.165, 1.54) is 0 Å². The van der Waals surface area contributed by atoms with Crippen LogP contribution in [0.4, 0.5) is 0 Å². The van der Waals surface area contributed by atoms with Crippen molar-refractivity contribution in [3.05, 3.63) is 60.0 Å². The van der Waals surface area contributed by atoms with E-state index in [1.54, 1.807) is 12.3 Å². The Labute approximate surface area is 140 Å². The van der Waals surface area contributed by atoms with E-state index in [-0.39, 0.29) is 19.1 Å². The summed E-state index contributed by atoms with van der Waals surface area (Å²) < 4.78 is 5.44. The Hall–Kier alpha value is -3.26. The number of carbonyl (C=O) groups excluding carboxylic acids is 1. The van der Waals surface area contributed by atoms with E-state index in [1.807, 2.05) is 43.5 Å². The van der Waals surface area contributed by atoms with Crippen LogP contribution in [0.1, 0.15) is 16.1 Å². The lowest BCUT2D eigenvalue weighted by atomic mass is 10.1. The fourth-order valence-electron chi connectivity index (χ4n) is 2.19. The number of nitrogens with one attached hydrogen (secondary N) is 2. The molecule has 120 valence electrons. The molecule has 0 aliphatic carbocycles. The molecule has 0 fully saturated rings. The molecule has 0 saturated carbocycles. The lowest BCUT2D eigenvalue weighted by molar-refractivity contribution is 0.0959. The number of rotatable bonds is 4. The van der Waals surface area contributed by atoms with Crippen LogP contribution in [0.15, 0.2) is 48.8 Å². The molecule has 2 aromatic heterocycles. The van der Waals surface area contributed by atoms with Gasteiger partial charge in [-0.2, -0.15) is 0 Å². The van der Waals surface area contributed by atoms with Gasteiger partial charge in [0.1, 0.15) is 12.4 Å². The summed E-state index contributed by atoms with van der Waals surface area (Å²) in [5.41, 5.74) is 2.56. The first-order chi connectivity index (χ1) is 11.7. The summed E-state index contributed by atoms with van der Waals surface area (Å²) in [4.78, 5) is 19.3. The number of aromatic amines is 1. The minimum atomic E-state index is -0.143. The van der Waals surface area contributed by atoms with Crippen molar-refractivity contribution in [1.29, 1.82) is 0 Å². The fraction of sp³-hybridized carbons (Fsp3) is 0.158. The minimum absolute atomic E-state index is 0.143. The zero-order valence-electron chi connectivity index (χ0n) is 13.3. The number of H-pyrrole nitrogens is 1. The van der Waals surface area contributed by atoms with Gasteiger partial charge in [0.2, 0.25) is 0 Å². The monoisotopic (exact) mass is 319 g/mol.